The number of ether oxygens (including phenoxy) is 2. The molecule has 21 heavy (non-hydrogen) atoms. The number of hydrogen-bond acceptors (Lipinski definition) is 3. The second-order valence-electron chi connectivity index (χ2n) is 4.98. The van der Waals surface area contributed by atoms with E-state index in [0.29, 0.717) is 18.2 Å². The molecule has 2 aromatic carbocycles. The molecule has 1 aliphatic heterocycles. The lowest BCUT2D eigenvalue weighted by atomic mass is 10.1. The fraction of sp³-hybridized carbons (Fsp3) is 0.250. The summed E-state index contributed by atoms with van der Waals surface area (Å²) in [7, 11) is 0. The first-order chi connectivity index (χ1) is 10.1. The zero-order valence-electron chi connectivity index (χ0n) is 11.6. The van der Waals surface area contributed by atoms with Crippen molar-refractivity contribution < 1.29 is 9.47 Å². The van der Waals surface area contributed by atoms with Gasteiger partial charge in [-0.3, -0.25) is 0 Å². The van der Waals surface area contributed by atoms with Crippen LogP contribution in [-0.4, -0.2) is 6.79 Å². The van der Waals surface area contributed by atoms with E-state index in [1.54, 1.807) is 0 Å². The normalized spacial score (nSPS) is 13.5. The molecule has 0 atom stereocenters. The third-order valence-electron chi connectivity index (χ3n) is 3.41. The van der Waals surface area contributed by atoms with Gasteiger partial charge in [0.05, 0.1) is 6.61 Å². The summed E-state index contributed by atoms with van der Waals surface area (Å²) in [6.07, 6.45) is 0. The molecule has 2 aromatic rings. The molecule has 0 amide bonds. The van der Waals surface area contributed by atoms with E-state index in [0.717, 1.165) is 33.1 Å². The Balaban J connectivity index is 1.81. The summed E-state index contributed by atoms with van der Waals surface area (Å²) in [5.41, 5.74) is 4.01. The number of aryl methyl sites for hydroxylation is 1. The van der Waals surface area contributed by atoms with E-state index in [1.165, 1.54) is 0 Å². The second-order valence-corrected chi connectivity index (χ2v) is 5.82. The quantitative estimate of drug-likeness (QED) is 0.881. The van der Waals surface area contributed by atoms with E-state index in [9.17, 15) is 0 Å². The summed E-state index contributed by atoms with van der Waals surface area (Å²) in [6.45, 7) is 3.40. The Hall–Kier alpha value is -1.42. The van der Waals surface area contributed by atoms with E-state index in [-0.39, 0.29) is 6.79 Å². The van der Waals surface area contributed by atoms with Crippen LogP contribution >= 0.6 is 23.2 Å². The van der Waals surface area contributed by atoms with Crippen molar-refractivity contribution in [1.29, 1.82) is 0 Å². The molecular formula is C16H15Cl2NO2. The molecular weight excluding hydrogens is 309 g/mol. The third-order valence-corrected chi connectivity index (χ3v) is 4.03. The Morgan fingerprint density at radius 2 is 2.05 bits per heavy atom. The maximum atomic E-state index is 6.15. The molecule has 0 bridgehead atoms. The highest BCUT2D eigenvalue weighted by molar-refractivity contribution is 6.31. The van der Waals surface area contributed by atoms with Crippen LogP contribution in [0.25, 0.3) is 0 Å². The first kappa shape index (κ1) is 14.5. The van der Waals surface area contributed by atoms with E-state index < -0.39 is 0 Å². The predicted molar refractivity (Wildman–Crippen MR) is 85.3 cm³/mol. The van der Waals surface area contributed by atoms with Crippen LogP contribution in [0.4, 0.5) is 5.69 Å². The second kappa shape index (κ2) is 6.14. The monoisotopic (exact) mass is 323 g/mol. The molecule has 0 spiro atoms. The van der Waals surface area contributed by atoms with E-state index in [4.69, 9.17) is 32.7 Å². The summed E-state index contributed by atoms with van der Waals surface area (Å²) < 4.78 is 10.9. The number of halogens is 2. The van der Waals surface area contributed by atoms with E-state index in [2.05, 4.69) is 5.32 Å². The van der Waals surface area contributed by atoms with Crippen LogP contribution in [-0.2, 0) is 17.9 Å². The summed E-state index contributed by atoms with van der Waals surface area (Å²) >= 11 is 12.3. The van der Waals surface area contributed by atoms with E-state index >= 15 is 0 Å². The van der Waals surface area contributed by atoms with Crippen molar-refractivity contribution in [3.63, 3.8) is 0 Å². The largest absolute Gasteiger partial charge is 0.467 e. The molecule has 0 unspecified atom stereocenters. The van der Waals surface area contributed by atoms with Gasteiger partial charge < -0.3 is 14.8 Å². The van der Waals surface area contributed by atoms with Crippen molar-refractivity contribution >= 4 is 28.9 Å². The lowest BCUT2D eigenvalue weighted by molar-refractivity contribution is -0.0169. The highest BCUT2D eigenvalue weighted by atomic mass is 35.5. The number of hydrogen-bond donors (Lipinski definition) is 1. The first-order valence-corrected chi connectivity index (χ1v) is 7.41. The van der Waals surface area contributed by atoms with Crippen molar-refractivity contribution in [2.24, 2.45) is 0 Å². The predicted octanol–water partition coefficient (Wildman–Crippen LogP) is 4.78. The fourth-order valence-corrected chi connectivity index (χ4v) is 2.73. The van der Waals surface area contributed by atoms with Gasteiger partial charge in [0.1, 0.15) is 5.75 Å². The van der Waals surface area contributed by atoms with Crippen LogP contribution in [0.3, 0.4) is 0 Å². The Morgan fingerprint density at radius 1 is 1.19 bits per heavy atom. The summed E-state index contributed by atoms with van der Waals surface area (Å²) in [4.78, 5) is 0. The Bertz CT molecular complexity index is 674. The summed E-state index contributed by atoms with van der Waals surface area (Å²) in [6, 6.07) is 9.69. The van der Waals surface area contributed by atoms with Crippen LogP contribution in [0.2, 0.25) is 10.0 Å². The standard InChI is InChI=1S/C16H15Cl2NO2/c1-10-2-3-14(6-15(10)18)19-7-11-4-13(17)5-12-8-20-9-21-16(11)12/h2-6,19H,7-9H2,1H3. The Labute approximate surface area is 133 Å². The van der Waals surface area contributed by atoms with Gasteiger partial charge in [-0.05, 0) is 36.8 Å². The van der Waals surface area contributed by atoms with Crippen LogP contribution < -0.4 is 10.1 Å². The molecule has 5 heteroatoms. The SMILES string of the molecule is Cc1ccc(NCc2cc(Cl)cc3c2OCOC3)cc1Cl. The third kappa shape index (κ3) is 3.26. The van der Waals surface area contributed by atoms with Crippen molar-refractivity contribution in [2.75, 3.05) is 12.1 Å². The van der Waals surface area contributed by atoms with Crippen molar-refractivity contribution in [3.05, 3.63) is 57.1 Å². The van der Waals surface area contributed by atoms with Crippen LogP contribution in [0, 0.1) is 6.92 Å². The van der Waals surface area contributed by atoms with Crippen LogP contribution in [0.5, 0.6) is 5.75 Å². The van der Waals surface area contributed by atoms with Gasteiger partial charge >= 0.3 is 0 Å². The zero-order valence-corrected chi connectivity index (χ0v) is 13.1. The zero-order chi connectivity index (χ0) is 14.8. The van der Waals surface area contributed by atoms with Gasteiger partial charge in [-0.2, -0.15) is 0 Å². The molecule has 3 rings (SSSR count). The smallest absolute Gasteiger partial charge is 0.189 e. The average molecular weight is 324 g/mol. The number of benzene rings is 2. The van der Waals surface area contributed by atoms with Gasteiger partial charge in [0.25, 0.3) is 0 Å². The number of anilines is 1. The molecule has 0 saturated carbocycles. The van der Waals surface area contributed by atoms with E-state index in [1.807, 2.05) is 37.3 Å². The molecule has 0 radical (unpaired) electrons. The maximum absolute atomic E-state index is 6.15. The van der Waals surface area contributed by atoms with Gasteiger partial charge in [-0.25, -0.2) is 0 Å². The molecule has 0 aliphatic carbocycles. The minimum atomic E-state index is 0.276. The topological polar surface area (TPSA) is 30.5 Å². The van der Waals surface area contributed by atoms with Gasteiger partial charge in [-0.15, -0.1) is 0 Å². The van der Waals surface area contributed by atoms with Crippen LogP contribution in [0.1, 0.15) is 16.7 Å². The minimum Gasteiger partial charge on any atom is -0.467 e. The fourth-order valence-electron chi connectivity index (χ4n) is 2.29. The lowest BCUT2D eigenvalue weighted by Gasteiger charge is -2.21. The van der Waals surface area contributed by atoms with Crippen molar-refractivity contribution in [2.45, 2.75) is 20.1 Å². The average Bonchev–Trinajstić information content (AvgIpc) is 2.48. The highest BCUT2D eigenvalue weighted by Gasteiger charge is 2.16. The minimum absolute atomic E-state index is 0.276. The van der Waals surface area contributed by atoms with Gasteiger partial charge in [0, 0.05) is 33.4 Å². The van der Waals surface area contributed by atoms with Crippen molar-refractivity contribution in [1.82, 2.24) is 0 Å². The molecule has 1 aliphatic rings. The Morgan fingerprint density at radius 3 is 2.86 bits per heavy atom. The molecule has 1 heterocycles. The first-order valence-electron chi connectivity index (χ1n) is 6.65. The Kier molecular flexibility index (Phi) is 4.24. The molecule has 3 nitrogen and oxygen atoms in total. The molecule has 0 saturated heterocycles. The molecule has 0 fully saturated rings. The maximum Gasteiger partial charge on any atom is 0.189 e. The van der Waals surface area contributed by atoms with Gasteiger partial charge in [0.2, 0.25) is 0 Å². The van der Waals surface area contributed by atoms with Crippen molar-refractivity contribution in [3.8, 4) is 5.75 Å². The van der Waals surface area contributed by atoms with Gasteiger partial charge in [0.15, 0.2) is 6.79 Å². The van der Waals surface area contributed by atoms with Crippen LogP contribution in [0.15, 0.2) is 30.3 Å². The summed E-state index contributed by atoms with van der Waals surface area (Å²) in [5, 5.41) is 4.77. The van der Waals surface area contributed by atoms with Gasteiger partial charge in [-0.1, -0.05) is 29.3 Å². The highest BCUT2D eigenvalue weighted by Crippen LogP contribution is 2.32. The number of rotatable bonds is 3. The summed E-state index contributed by atoms with van der Waals surface area (Å²) in [5.74, 6) is 0.858. The molecule has 0 aromatic heterocycles. The number of fused-ring (bicyclic) bond motifs is 1. The molecule has 110 valence electrons. The lowest BCUT2D eigenvalue weighted by Crippen LogP contribution is -2.14. The number of nitrogens with one attached hydrogen (secondary N) is 1. The molecule has 1 N–H and O–H groups in total.